The number of anilines is 1. The fourth-order valence-corrected chi connectivity index (χ4v) is 2.99. The van der Waals surface area contributed by atoms with Gasteiger partial charge in [0.1, 0.15) is 0 Å². The Kier molecular flexibility index (Phi) is 4.99. The van der Waals surface area contributed by atoms with Gasteiger partial charge in [-0.3, -0.25) is 9.59 Å². The van der Waals surface area contributed by atoms with Crippen LogP contribution in [0.3, 0.4) is 0 Å². The van der Waals surface area contributed by atoms with E-state index in [-0.39, 0.29) is 17.7 Å². The van der Waals surface area contributed by atoms with E-state index in [4.69, 9.17) is 5.11 Å². The lowest BCUT2D eigenvalue weighted by atomic mass is 9.80. The molecule has 21 heavy (non-hydrogen) atoms. The van der Waals surface area contributed by atoms with Crippen LogP contribution in [-0.4, -0.2) is 24.0 Å². The summed E-state index contributed by atoms with van der Waals surface area (Å²) in [6, 6.07) is 7.96. The Hall–Kier alpha value is -1.84. The highest BCUT2D eigenvalue weighted by atomic mass is 16.4. The molecule has 0 spiro atoms. The molecule has 0 aromatic heterocycles. The summed E-state index contributed by atoms with van der Waals surface area (Å²) in [5, 5.41) is 9.13. The predicted octanol–water partition coefficient (Wildman–Crippen LogP) is 3.10. The van der Waals surface area contributed by atoms with Crippen LogP contribution in [0.2, 0.25) is 0 Å². The van der Waals surface area contributed by atoms with Gasteiger partial charge in [0.15, 0.2) is 0 Å². The molecule has 1 fully saturated rings. The van der Waals surface area contributed by atoms with Gasteiger partial charge in [-0.15, -0.1) is 0 Å². The van der Waals surface area contributed by atoms with Crippen molar-refractivity contribution in [3.63, 3.8) is 0 Å². The molecule has 2 rings (SSSR count). The second-order valence-corrected chi connectivity index (χ2v) is 5.82. The number of hydrogen-bond acceptors (Lipinski definition) is 2. The summed E-state index contributed by atoms with van der Waals surface area (Å²) in [4.78, 5) is 25.3. The van der Waals surface area contributed by atoms with Gasteiger partial charge in [0.05, 0.1) is 5.92 Å². The van der Waals surface area contributed by atoms with E-state index in [0.29, 0.717) is 12.8 Å². The number of hydrogen-bond donors (Lipinski definition) is 1. The first kappa shape index (κ1) is 15.5. The zero-order valence-electron chi connectivity index (χ0n) is 12.7. The average molecular weight is 289 g/mol. The second kappa shape index (κ2) is 6.74. The Balaban J connectivity index is 2.05. The summed E-state index contributed by atoms with van der Waals surface area (Å²) >= 11 is 0. The Morgan fingerprint density at radius 2 is 1.81 bits per heavy atom. The van der Waals surface area contributed by atoms with Gasteiger partial charge in [0, 0.05) is 18.7 Å². The van der Waals surface area contributed by atoms with E-state index >= 15 is 0 Å². The highest BCUT2D eigenvalue weighted by Gasteiger charge is 2.32. The van der Waals surface area contributed by atoms with Crippen molar-refractivity contribution in [2.45, 2.75) is 39.0 Å². The third kappa shape index (κ3) is 3.63. The minimum absolute atomic E-state index is 0.0326. The van der Waals surface area contributed by atoms with Gasteiger partial charge in [-0.2, -0.15) is 0 Å². The molecule has 1 aliphatic rings. The van der Waals surface area contributed by atoms with Gasteiger partial charge in [0.2, 0.25) is 5.91 Å². The lowest BCUT2D eigenvalue weighted by Crippen LogP contribution is -2.36. The minimum Gasteiger partial charge on any atom is -0.481 e. The topological polar surface area (TPSA) is 57.6 Å². The number of rotatable bonds is 4. The number of aryl methyl sites for hydroxylation is 1. The van der Waals surface area contributed by atoms with Gasteiger partial charge in [0.25, 0.3) is 0 Å². The molecular formula is C17H23NO3. The zero-order valence-corrected chi connectivity index (χ0v) is 12.7. The SMILES string of the molecule is CCc1ccc(N(C)C(=O)C2CCCC(C(=O)O)C2)cc1. The quantitative estimate of drug-likeness (QED) is 0.926. The largest absolute Gasteiger partial charge is 0.481 e. The number of carbonyl (C=O) groups is 2. The predicted molar refractivity (Wildman–Crippen MR) is 82.3 cm³/mol. The van der Waals surface area contributed by atoms with E-state index in [1.54, 1.807) is 11.9 Å². The summed E-state index contributed by atoms with van der Waals surface area (Å²) in [6.07, 6.45) is 3.73. The minimum atomic E-state index is -0.776. The van der Waals surface area contributed by atoms with E-state index in [1.165, 1.54) is 5.56 Å². The van der Waals surface area contributed by atoms with Crippen molar-refractivity contribution < 1.29 is 14.7 Å². The molecule has 1 aromatic rings. The molecule has 0 aliphatic heterocycles. The maximum Gasteiger partial charge on any atom is 0.306 e. The molecule has 0 radical (unpaired) electrons. The van der Waals surface area contributed by atoms with E-state index in [1.807, 2.05) is 24.3 Å². The lowest BCUT2D eigenvalue weighted by Gasteiger charge is -2.29. The number of carbonyl (C=O) groups excluding carboxylic acids is 1. The molecule has 1 amide bonds. The van der Waals surface area contributed by atoms with Gasteiger partial charge < -0.3 is 10.0 Å². The number of benzene rings is 1. The van der Waals surface area contributed by atoms with E-state index in [9.17, 15) is 9.59 Å². The molecule has 4 nitrogen and oxygen atoms in total. The Bertz CT molecular complexity index is 509. The number of nitrogens with zero attached hydrogens (tertiary/aromatic N) is 1. The highest BCUT2D eigenvalue weighted by Crippen LogP contribution is 2.31. The zero-order chi connectivity index (χ0) is 15.4. The number of carboxylic acids is 1. The van der Waals surface area contributed by atoms with E-state index < -0.39 is 5.97 Å². The first-order valence-electron chi connectivity index (χ1n) is 7.62. The van der Waals surface area contributed by atoms with Crippen LogP contribution >= 0.6 is 0 Å². The monoisotopic (exact) mass is 289 g/mol. The summed E-state index contributed by atoms with van der Waals surface area (Å²) in [7, 11) is 1.77. The number of aliphatic carboxylic acids is 1. The number of carboxylic acid groups (broad SMARTS) is 1. The van der Waals surface area contributed by atoms with Crippen LogP contribution in [0.5, 0.6) is 0 Å². The molecule has 114 valence electrons. The fraction of sp³-hybridized carbons (Fsp3) is 0.529. The molecule has 2 atom stereocenters. The average Bonchev–Trinajstić information content (AvgIpc) is 2.53. The van der Waals surface area contributed by atoms with Gasteiger partial charge in [-0.05, 0) is 43.4 Å². The molecule has 4 heteroatoms. The van der Waals surface area contributed by atoms with Crippen LogP contribution in [0.25, 0.3) is 0 Å². The second-order valence-electron chi connectivity index (χ2n) is 5.82. The third-order valence-corrected chi connectivity index (χ3v) is 4.44. The Morgan fingerprint density at radius 1 is 1.19 bits per heavy atom. The van der Waals surface area contributed by atoms with E-state index in [0.717, 1.165) is 24.9 Å². The van der Waals surface area contributed by atoms with Gasteiger partial charge in [-0.25, -0.2) is 0 Å². The summed E-state index contributed by atoms with van der Waals surface area (Å²) in [5.74, 6) is -1.29. The molecule has 1 aliphatic carbocycles. The lowest BCUT2D eigenvalue weighted by molar-refractivity contribution is -0.143. The smallest absolute Gasteiger partial charge is 0.306 e. The number of amides is 1. The van der Waals surface area contributed by atoms with Crippen molar-refractivity contribution in [3.05, 3.63) is 29.8 Å². The summed E-state index contributed by atoms with van der Waals surface area (Å²) in [6.45, 7) is 2.10. The van der Waals surface area contributed by atoms with Crippen LogP contribution in [0.15, 0.2) is 24.3 Å². The van der Waals surface area contributed by atoms with Crippen molar-refractivity contribution in [1.29, 1.82) is 0 Å². The molecule has 2 unspecified atom stereocenters. The fourth-order valence-electron chi connectivity index (χ4n) is 2.99. The molecule has 0 heterocycles. The van der Waals surface area contributed by atoms with Crippen molar-refractivity contribution in [2.75, 3.05) is 11.9 Å². The van der Waals surface area contributed by atoms with E-state index in [2.05, 4.69) is 6.92 Å². The third-order valence-electron chi connectivity index (χ3n) is 4.44. The molecule has 0 saturated heterocycles. The van der Waals surface area contributed by atoms with Gasteiger partial charge in [-0.1, -0.05) is 25.5 Å². The van der Waals surface area contributed by atoms with Crippen LogP contribution in [0.1, 0.15) is 38.2 Å². The highest BCUT2D eigenvalue weighted by molar-refractivity contribution is 5.94. The molecule has 1 aromatic carbocycles. The van der Waals surface area contributed by atoms with Crippen molar-refractivity contribution in [3.8, 4) is 0 Å². The standard InChI is InChI=1S/C17H23NO3/c1-3-12-7-9-15(10-8-12)18(2)16(19)13-5-4-6-14(11-13)17(20)21/h7-10,13-14H,3-6,11H2,1-2H3,(H,20,21). The summed E-state index contributed by atoms with van der Waals surface area (Å²) < 4.78 is 0. The maximum atomic E-state index is 12.6. The normalized spacial score (nSPS) is 21.8. The Labute approximate surface area is 125 Å². The Morgan fingerprint density at radius 3 is 2.38 bits per heavy atom. The van der Waals surface area contributed by atoms with Crippen LogP contribution in [-0.2, 0) is 16.0 Å². The summed E-state index contributed by atoms with van der Waals surface area (Å²) in [5.41, 5.74) is 2.11. The van der Waals surface area contributed by atoms with Crippen LogP contribution in [0, 0.1) is 11.8 Å². The molecule has 1 N–H and O–H groups in total. The molecule has 1 saturated carbocycles. The first-order chi connectivity index (χ1) is 10.0. The van der Waals surface area contributed by atoms with Crippen molar-refractivity contribution in [1.82, 2.24) is 0 Å². The van der Waals surface area contributed by atoms with Crippen molar-refractivity contribution >= 4 is 17.6 Å². The van der Waals surface area contributed by atoms with Gasteiger partial charge >= 0.3 is 5.97 Å². The first-order valence-corrected chi connectivity index (χ1v) is 7.62. The maximum absolute atomic E-state index is 12.6. The molecular weight excluding hydrogens is 266 g/mol. The van der Waals surface area contributed by atoms with Crippen LogP contribution < -0.4 is 4.90 Å². The van der Waals surface area contributed by atoms with Crippen LogP contribution in [0.4, 0.5) is 5.69 Å². The van der Waals surface area contributed by atoms with Crippen molar-refractivity contribution in [2.24, 2.45) is 11.8 Å². The molecule has 0 bridgehead atoms.